The summed E-state index contributed by atoms with van der Waals surface area (Å²) in [5.74, 6) is -1.39. The Balaban J connectivity index is 1.87. The maximum atomic E-state index is 13.2. The van der Waals surface area contributed by atoms with Crippen molar-refractivity contribution in [2.45, 2.75) is 13.5 Å². The number of thiophene rings is 1. The highest BCUT2D eigenvalue weighted by molar-refractivity contribution is 7.12. The summed E-state index contributed by atoms with van der Waals surface area (Å²) in [6, 6.07) is 7.32. The van der Waals surface area contributed by atoms with Gasteiger partial charge in [0.25, 0.3) is 0 Å². The minimum absolute atomic E-state index is 0.230. The molecule has 0 spiro atoms. The van der Waals surface area contributed by atoms with Crippen LogP contribution in [0.2, 0.25) is 0 Å². The number of nitrogens with zero attached hydrogens (tertiary/aromatic N) is 1. The zero-order valence-electron chi connectivity index (χ0n) is 14.4. The Bertz CT molecular complexity index is 1050. The predicted octanol–water partition coefficient (Wildman–Crippen LogP) is 3.51. The fraction of sp³-hybridized carbons (Fsp3) is 0.167. The van der Waals surface area contributed by atoms with Crippen LogP contribution in [0.15, 0.2) is 40.5 Å². The number of carbonyl (C=O) groups is 2. The summed E-state index contributed by atoms with van der Waals surface area (Å²) in [7, 11) is 1.26. The highest BCUT2D eigenvalue weighted by Gasteiger charge is 2.19. The second-order valence-electron chi connectivity index (χ2n) is 5.57. The summed E-state index contributed by atoms with van der Waals surface area (Å²) < 4.78 is 19.2. The molecule has 3 rings (SSSR count). The van der Waals surface area contributed by atoms with Crippen LogP contribution in [-0.4, -0.2) is 23.6 Å². The van der Waals surface area contributed by atoms with Crippen molar-refractivity contribution >= 4 is 40.2 Å². The number of carbonyl (C=O) groups excluding carboxylic acids is 2. The van der Waals surface area contributed by atoms with Crippen LogP contribution in [0.5, 0.6) is 0 Å². The molecule has 0 aliphatic carbocycles. The van der Waals surface area contributed by atoms with Crippen LogP contribution in [-0.2, 0) is 16.1 Å². The first-order chi connectivity index (χ1) is 12.9. The number of benzene rings is 1. The largest absolute Gasteiger partial charge is 0.465 e. The summed E-state index contributed by atoms with van der Waals surface area (Å²) in [5.41, 5.74) is 1.55. The molecular formula is C18H15FN2O4S2. The molecule has 1 aromatic carbocycles. The number of ether oxygens (including phenoxy) is 1. The molecule has 1 N–H and O–H groups in total. The third-order valence-electron chi connectivity index (χ3n) is 3.79. The van der Waals surface area contributed by atoms with Crippen LogP contribution in [0.1, 0.15) is 14.5 Å². The number of esters is 1. The van der Waals surface area contributed by atoms with Crippen LogP contribution in [0.3, 0.4) is 0 Å². The molecular weight excluding hydrogens is 391 g/mol. The van der Waals surface area contributed by atoms with Gasteiger partial charge in [-0.05, 0) is 48.2 Å². The standard InChI is InChI=1S/C18H15FN2O4S2/c1-10-15(11-3-5-12(19)6-4-11)21(18(24)27-10)9-14(22)20-13-7-8-26-16(13)17(23)25-2/h3-8H,9H2,1-2H3,(H,20,22). The molecule has 1 amide bonds. The molecule has 6 nitrogen and oxygen atoms in total. The van der Waals surface area contributed by atoms with Gasteiger partial charge in [0.05, 0.1) is 18.5 Å². The summed E-state index contributed by atoms with van der Waals surface area (Å²) in [4.78, 5) is 37.2. The number of rotatable bonds is 5. The van der Waals surface area contributed by atoms with Crippen molar-refractivity contribution < 1.29 is 18.7 Å². The summed E-state index contributed by atoms with van der Waals surface area (Å²) >= 11 is 2.17. The first-order valence-electron chi connectivity index (χ1n) is 7.82. The molecule has 0 bridgehead atoms. The average Bonchev–Trinajstić information content (AvgIpc) is 3.20. The Morgan fingerprint density at radius 3 is 2.59 bits per heavy atom. The van der Waals surface area contributed by atoms with Gasteiger partial charge in [-0.1, -0.05) is 11.3 Å². The van der Waals surface area contributed by atoms with E-state index in [1.54, 1.807) is 30.5 Å². The van der Waals surface area contributed by atoms with Gasteiger partial charge in [-0.2, -0.15) is 0 Å². The van der Waals surface area contributed by atoms with Gasteiger partial charge in [-0.25, -0.2) is 9.18 Å². The molecule has 0 saturated heterocycles. The number of methoxy groups -OCH3 is 1. The number of amides is 1. The first-order valence-corrected chi connectivity index (χ1v) is 9.52. The quantitative estimate of drug-likeness (QED) is 0.658. The molecule has 0 fully saturated rings. The van der Waals surface area contributed by atoms with Gasteiger partial charge in [-0.15, -0.1) is 11.3 Å². The molecule has 2 heterocycles. The average molecular weight is 406 g/mol. The molecule has 27 heavy (non-hydrogen) atoms. The molecule has 140 valence electrons. The van der Waals surface area contributed by atoms with E-state index in [-0.39, 0.29) is 22.1 Å². The number of thiazole rings is 1. The molecule has 0 saturated carbocycles. The summed E-state index contributed by atoms with van der Waals surface area (Å²) in [6.45, 7) is 1.54. The minimum atomic E-state index is -0.546. The van der Waals surface area contributed by atoms with E-state index in [2.05, 4.69) is 10.1 Å². The van der Waals surface area contributed by atoms with E-state index in [0.717, 1.165) is 27.6 Å². The van der Waals surface area contributed by atoms with E-state index in [0.29, 0.717) is 16.9 Å². The Morgan fingerprint density at radius 2 is 1.93 bits per heavy atom. The van der Waals surface area contributed by atoms with Crippen molar-refractivity contribution in [2.24, 2.45) is 0 Å². The lowest BCUT2D eigenvalue weighted by Gasteiger charge is -2.10. The van der Waals surface area contributed by atoms with Crippen molar-refractivity contribution in [3.63, 3.8) is 0 Å². The fourth-order valence-electron chi connectivity index (χ4n) is 2.62. The number of aryl methyl sites for hydroxylation is 1. The highest BCUT2D eigenvalue weighted by atomic mass is 32.1. The molecule has 2 aromatic heterocycles. The lowest BCUT2D eigenvalue weighted by Crippen LogP contribution is -2.25. The Hall–Kier alpha value is -2.78. The molecule has 0 atom stereocenters. The van der Waals surface area contributed by atoms with Gasteiger partial charge in [-0.3, -0.25) is 14.2 Å². The van der Waals surface area contributed by atoms with Crippen LogP contribution in [0, 0.1) is 12.7 Å². The molecule has 9 heteroatoms. The fourth-order valence-corrected chi connectivity index (χ4v) is 4.24. The van der Waals surface area contributed by atoms with E-state index in [4.69, 9.17) is 0 Å². The number of halogens is 1. The lowest BCUT2D eigenvalue weighted by atomic mass is 10.1. The number of anilines is 1. The molecule has 0 aliphatic rings. The van der Waals surface area contributed by atoms with Gasteiger partial charge in [0.2, 0.25) is 5.91 Å². The van der Waals surface area contributed by atoms with Crippen molar-refractivity contribution in [3.8, 4) is 11.3 Å². The van der Waals surface area contributed by atoms with Crippen molar-refractivity contribution in [1.82, 2.24) is 4.57 Å². The van der Waals surface area contributed by atoms with E-state index < -0.39 is 11.9 Å². The first kappa shape index (κ1) is 19.0. The second-order valence-corrected chi connectivity index (χ2v) is 7.65. The summed E-state index contributed by atoms with van der Waals surface area (Å²) in [6.07, 6.45) is 0. The maximum absolute atomic E-state index is 13.2. The monoisotopic (exact) mass is 406 g/mol. The minimum Gasteiger partial charge on any atom is -0.465 e. The SMILES string of the molecule is COC(=O)c1sccc1NC(=O)Cn1c(-c2ccc(F)cc2)c(C)sc1=O. The van der Waals surface area contributed by atoms with Crippen LogP contribution >= 0.6 is 22.7 Å². The molecule has 3 aromatic rings. The molecule has 0 unspecified atom stereocenters. The smallest absolute Gasteiger partial charge is 0.350 e. The van der Waals surface area contributed by atoms with E-state index in [9.17, 15) is 18.8 Å². The van der Waals surface area contributed by atoms with Crippen molar-refractivity contribution in [3.05, 3.63) is 61.0 Å². The number of hydrogen-bond acceptors (Lipinski definition) is 6. The number of hydrogen-bond donors (Lipinski definition) is 1. The van der Waals surface area contributed by atoms with Gasteiger partial charge in [0, 0.05) is 4.88 Å². The highest BCUT2D eigenvalue weighted by Crippen LogP contribution is 2.26. The van der Waals surface area contributed by atoms with Gasteiger partial charge in [0.1, 0.15) is 17.2 Å². The van der Waals surface area contributed by atoms with E-state index >= 15 is 0 Å². The Kier molecular flexibility index (Phi) is 5.52. The Morgan fingerprint density at radius 1 is 1.22 bits per heavy atom. The predicted molar refractivity (Wildman–Crippen MR) is 103 cm³/mol. The van der Waals surface area contributed by atoms with Gasteiger partial charge < -0.3 is 10.1 Å². The summed E-state index contributed by atoms with van der Waals surface area (Å²) in [5, 5.41) is 4.29. The Labute approximate surface area is 161 Å². The second kappa shape index (κ2) is 7.85. The van der Waals surface area contributed by atoms with Crippen LogP contribution < -0.4 is 10.2 Å². The molecule has 0 aliphatic heterocycles. The van der Waals surface area contributed by atoms with Gasteiger partial charge in [0.15, 0.2) is 0 Å². The van der Waals surface area contributed by atoms with E-state index in [1.165, 1.54) is 23.8 Å². The van der Waals surface area contributed by atoms with Crippen LogP contribution in [0.25, 0.3) is 11.3 Å². The topological polar surface area (TPSA) is 77.4 Å². The maximum Gasteiger partial charge on any atom is 0.350 e. The zero-order valence-corrected chi connectivity index (χ0v) is 16.1. The third-order valence-corrected chi connectivity index (χ3v) is 5.58. The van der Waals surface area contributed by atoms with Crippen molar-refractivity contribution in [1.29, 1.82) is 0 Å². The lowest BCUT2D eigenvalue weighted by molar-refractivity contribution is -0.116. The number of aromatic nitrogens is 1. The normalized spacial score (nSPS) is 10.6. The van der Waals surface area contributed by atoms with E-state index in [1.807, 2.05) is 0 Å². The van der Waals surface area contributed by atoms with Crippen molar-refractivity contribution in [2.75, 3.05) is 12.4 Å². The molecule has 0 radical (unpaired) electrons. The van der Waals surface area contributed by atoms with Gasteiger partial charge >= 0.3 is 10.8 Å². The van der Waals surface area contributed by atoms with Crippen LogP contribution in [0.4, 0.5) is 10.1 Å². The number of nitrogens with one attached hydrogen (secondary N) is 1. The third kappa shape index (κ3) is 3.99. The zero-order chi connectivity index (χ0) is 19.6.